The van der Waals surface area contributed by atoms with Crippen LogP contribution in [0.2, 0.25) is 0 Å². The van der Waals surface area contributed by atoms with E-state index in [2.05, 4.69) is 18.7 Å². The minimum Gasteiger partial charge on any atom is -0.497 e. The molecule has 0 spiro atoms. The zero-order valence-corrected chi connectivity index (χ0v) is 11.7. The monoisotopic (exact) mass is 263 g/mol. The van der Waals surface area contributed by atoms with Crippen LogP contribution in [0.3, 0.4) is 0 Å². The predicted octanol–water partition coefficient (Wildman–Crippen LogP) is 2.63. The van der Waals surface area contributed by atoms with Gasteiger partial charge in [-0.1, -0.05) is 19.9 Å². The quantitative estimate of drug-likeness (QED) is 0.768. The lowest BCUT2D eigenvalue weighted by molar-refractivity contribution is -0.131. The van der Waals surface area contributed by atoms with Gasteiger partial charge in [0.1, 0.15) is 5.75 Å². The van der Waals surface area contributed by atoms with Gasteiger partial charge in [-0.25, -0.2) is 4.79 Å². The Balaban J connectivity index is 3.04. The normalized spacial score (nSPS) is 11.2. The van der Waals surface area contributed by atoms with Crippen molar-refractivity contribution in [1.82, 2.24) is 4.90 Å². The summed E-state index contributed by atoms with van der Waals surface area (Å²) in [5, 5.41) is 8.72. The van der Waals surface area contributed by atoms with Gasteiger partial charge in [0.15, 0.2) is 0 Å². The van der Waals surface area contributed by atoms with Gasteiger partial charge < -0.3 is 9.84 Å². The Kier molecular flexibility index (Phi) is 6.09. The van der Waals surface area contributed by atoms with Gasteiger partial charge in [-0.2, -0.15) is 0 Å². The summed E-state index contributed by atoms with van der Waals surface area (Å²) in [6, 6.07) is 5.68. The van der Waals surface area contributed by atoms with Crippen molar-refractivity contribution in [2.24, 2.45) is 0 Å². The highest BCUT2D eigenvalue weighted by atomic mass is 16.5. The molecule has 0 fully saturated rings. The van der Waals surface area contributed by atoms with Gasteiger partial charge in [-0.15, -0.1) is 0 Å². The zero-order chi connectivity index (χ0) is 14.3. The largest absolute Gasteiger partial charge is 0.497 e. The summed E-state index contributed by atoms with van der Waals surface area (Å²) in [5.74, 6) is -0.153. The van der Waals surface area contributed by atoms with Crippen molar-refractivity contribution in [3.63, 3.8) is 0 Å². The molecule has 1 rings (SSSR count). The van der Waals surface area contributed by atoms with Crippen LogP contribution in [-0.4, -0.2) is 36.2 Å². The molecule has 0 saturated carbocycles. The topological polar surface area (TPSA) is 49.8 Å². The fourth-order valence-corrected chi connectivity index (χ4v) is 1.86. The molecule has 0 amide bonds. The van der Waals surface area contributed by atoms with Crippen molar-refractivity contribution in [2.75, 3.05) is 20.2 Å². The van der Waals surface area contributed by atoms with Crippen molar-refractivity contribution in [2.45, 2.75) is 20.4 Å². The van der Waals surface area contributed by atoms with Gasteiger partial charge in [0.25, 0.3) is 0 Å². The summed E-state index contributed by atoms with van der Waals surface area (Å²) < 4.78 is 5.23. The third-order valence-corrected chi connectivity index (χ3v) is 3.04. The average Bonchev–Trinajstić information content (AvgIpc) is 2.42. The Morgan fingerprint density at radius 1 is 1.37 bits per heavy atom. The van der Waals surface area contributed by atoms with E-state index in [1.54, 1.807) is 13.2 Å². The fourth-order valence-electron chi connectivity index (χ4n) is 1.86. The summed E-state index contributed by atoms with van der Waals surface area (Å²) in [7, 11) is 1.63. The Morgan fingerprint density at radius 2 is 2.05 bits per heavy atom. The number of carbonyl (C=O) groups is 1. The highest BCUT2D eigenvalue weighted by Gasteiger charge is 2.07. The lowest BCUT2D eigenvalue weighted by atomic mass is 10.1. The number of nitrogens with zero attached hydrogens (tertiary/aromatic N) is 1. The van der Waals surface area contributed by atoms with Crippen LogP contribution < -0.4 is 4.74 Å². The molecule has 0 atom stereocenters. The minimum atomic E-state index is -0.940. The van der Waals surface area contributed by atoms with E-state index in [0.29, 0.717) is 0 Å². The predicted molar refractivity (Wildman–Crippen MR) is 76.3 cm³/mol. The number of benzene rings is 1. The number of aliphatic carboxylic acids is 1. The average molecular weight is 263 g/mol. The van der Waals surface area contributed by atoms with E-state index in [0.717, 1.165) is 42.6 Å². The number of carboxylic acids is 1. The first-order valence-corrected chi connectivity index (χ1v) is 6.41. The molecule has 4 heteroatoms. The van der Waals surface area contributed by atoms with Crippen molar-refractivity contribution in [3.8, 4) is 5.75 Å². The second-order valence-electron chi connectivity index (χ2n) is 4.20. The first-order valence-electron chi connectivity index (χ1n) is 6.41. The van der Waals surface area contributed by atoms with Crippen molar-refractivity contribution < 1.29 is 14.6 Å². The molecule has 0 bridgehead atoms. The van der Waals surface area contributed by atoms with Crippen LogP contribution >= 0.6 is 0 Å². The van der Waals surface area contributed by atoms with E-state index in [-0.39, 0.29) is 0 Å². The minimum absolute atomic E-state index is 0.781. The Morgan fingerprint density at radius 3 is 2.58 bits per heavy atom. The SMILES string of the molecule is CCN(CC)Cc1cc(OC)ccc1C=CC(=O)O. The van der Waals surface area contributed by atoms with Crippen LogP contribution in [0.25, 0.3) is 6.08 Å². The van der Waals surface area contributed by atoms with Crippen LogP contribution in [0.1, 0.15) is 25.0 Å². The van der Waals surface area contributed by atoms with Crippen LogP contribution in [-0.2, 0) is 11.3 Å². The van der Waals surface area contributed by atoms with Crippen molar-refractivity contribution in [3.05, 3.63) is 35.4 Å². The maximum atomic E-state index is 10.6. The first-order chi connectivity index (χ1) is 9.10. The van der Waals surface area contributed by atoms with E-state index in [1.807, 2.05) is 18.2 Å². The molecule has 1 aromatic rings. The van der Waals surface area contributed by atoms with E-state index >= 15 is 0 Å². The standard InChI is InChI=1S/C15H21NO3/c1-4-16(5-2)11-13-10-14(19-3)8-6-12(13)7-9-15(17)18/h6-10H,4-5,11H2,1-3H3,(H,17,18). The molecule has 0 aliphatic heterocycles. The summed E-state index contributed by atoms with van der Waals surface area (Å²) in [6.07, 6.45) is 2.79. The molecule has 0 unspecified atom stereocenters. The van der Waals surface area contributed by atoms with Gasteiger partial charge in [-0.05, 0) is 42.4 Å². The number of hydrogen-bond acceptors (Lipinski definition) is 3. The lowest BCUT2D eigenvalue weighted by Crippen LogP contribution is -2.22. The third-order valence-electron chi connectivity index (χ3n) is 3.04. The number of hydrogen-bond donors (Lipinski definition) is 1. The third kappa shape index (κ3) is 4.75. The molecule has 0 radical (unpaired) electrons. The number of methoxy groups -OCH3 is 1. The molecule has 0 heterocycles. The second kappa shape index (κ2) is 7.59. The van der Waals surface area contributed by atoms with E-state index in [4.69, 9.17) is 9.84 Å². The highest BCUT2D eigenvalue weighted by molar-refractivity contribution is 5.85. The number of rotatable bonds is 7. The Labute approximate surface area is 114 Å². The van der Waals surface area contributed by atoms with Crippen molar-refractivity contribution in [1.29, 1.82) is 0 Å². The Hall–Kier alpha value is -1.81. The maximum Gasteiger partial charge on any atom is 0.328 e. The molecule has 1 N–H and O–H groups in total. The van der Waals surface area contributed by atoms with Crippen LogP contribution in [0.5, 0.6) is 5.75 Å². The molecule has 0 aliphatic carbocycles. The van der Waals surface area contributed by atoms with E-state index in [9.17, 15) is 4.79 Å². The smallest absolute Gasteiger partial charge is 0.328 e. The van der Waals surface area contributed by atoms with Gasteiger partial charge in [-0.3, -0.25) is 4.90 Å². The summed E-state index contributed by atoms with van der Waals surface area (Å²) in [4.78, 5) is 12.9. The second-order valence-corrected chi connectivity index (χ2v) is 4.20. The van der Waals surface area contributed by atoms with Gasteiger partial charge in [0, 0.05) is 12.6 Å². The first kappa shape index (κ1) is 15.2. The fraction of sp³-hybridized carbons (Fsp3) is 0.400. The van der Waals surface area contributed by atoms with Crippen LogP contribution in [0.15, 0.2) is 24.3 Å². The summed E-state index contributed by atoms with van der Waals surface area (Å²) in [5.41, 5.74) is 1.98. The van der Waals surface area contributed by atoms with E-state index < -0.39 is 5.97 Å². The van der Waals surface area contributed by atoms with Crippen LogP contribution in [0.4, 0.5) is 0 Å². The summed E-state index contributed by atoms with van der Waals surface area (Å²) in [6.45, 7) is 6.90. The summed E-state index contributed by atoms with van der Waals surface area (Å²) >= 11 is 0. The maximum absolute atomic E-state index is 10.6. The molecule has 1 aromatic carbocycles. The zero-order valence-electron chi connectivity index (χ0n) is 11.7. The molecule has 104 valence electrons. The molecule has 19 heavy (non-hydrogen) atoms. The van der Waals surface area contributed by atoms with Gasteiger partial charge in [0.05, 0.1) is 7.11 Å². The number of ether oxygens (including phenoxy) is 1. The molecular formula is C15H21NO3. The van der Waals surface area contributed by atoms with Crippen molar-refractivity contribution >= 4 is 12.0 Å². The van der Waals surface area contributed by atoms with Gasteiger partial charge in [0.2, 0.25) is 0 Å². The highest BCUT2D eigenvalue weighted by Crippen LogP contribution is 2.20. The molecule has 0 saturated heterocycles. The van der Waals surface area contributed by atoms with Crippen LogP contribution in [0, 0.1) is 0 Å². The van der Waals surface area contributed by atoms with E-state index in [1.165, 1.54) is 0 Å². The molecule has 0 aliphatic rings. The number of carboxylic acid groups (broad SMARTS) is 1. The molecular weight excluding hydrogens is 242 g/mol. The Bertz CT molecular complexity index is 451. The van der Waals surface area contributed by atoms with Gasteiger partial charge >= 0.3 is 5.97 Å². The lowest BCUT2D eigenvalue weighted by Gasteiger charge is -2.19. The molecule has 4 nitrogen and oxygen atoms in total. The molecule has 0 aromatic heterocycles.